The Morgan fingerprint density at radius 3 is 2.83 bits per heavy atom. The molecule has 1 saturated heterocycles. The molecule has 0 aliphatic carbocycles. The maximum absolute atomic E-state index is 11.5. The van der Waals surface area contributed by atoms with Crippen LogP contribution in [0, 0.1) is 5.92 Å². The molecule has 18 heavy (non-hydrogen) atoms. The zero-order valence-corrected chi connectivity index (χ0v) is 11.7. The van der Waals surface area contributed by atoms with Crippen LogP contribution in [0.25, 0.3) is 0 Å². The molecular formula is C11H23N3O3S. The number of amides is 1. The van der Waals surface area contributed by atoms with E-state index in [2.05, 4.69) is 15.4 Å². The fourth-order valence-corrected chi connectivity index (χ4v) is 2.96. The van der Waals surface area contributed by atoms with Crippen LogP contribution in [0.3, 0.4) is 0 Å². The average molecular weight is 277 g/mol. The van der Waals surface area contributed by atoms with Gasteiger partial charge in [-0.05, 0) is 31.8 Å². The summed E-state index contributed by atoms with van der Waals surface area (Å²) in [5, 5.41) is 5.90. The molecule has 0 saturated carbocycles. The van der Waals surface area contributed by atoms with Crippen molar-refractivity contribution >= 4 is 15.9 Å². The molecule has 0 aromatic rings. The number of carbonyl (C=O) groups is 1. The lowest BCUT2D eigenvalue weighted by Crippen LogP contribution is -2.34. The summed E-state index contributed by atoms with van der Waals surface area (Å²) < 4.78 is 25.0. The molecule has 106 valence electrons. The molecular weight excluding hydrogens is 254 g/mol. The molecule has 1 heterocycles. The van der Waals surface area contributed by atoms with Crippen LogP contribution in [-0.2, 0) is 14.8 Å². The summed E-state index contributed by atoms with van der Waals surface area (Å²) >= 11 is 0. The summed E-state index contributed by atoms with van der Waals surface area (Å²) in [6, 6.07) is 0. The van der Waals surface area contributed by atoms with E-state index in [9.17, 15) is 13.2 Å². The van der Waals surface area contributed by atoms with Crippen LogP contribution in [0.15, 0.2) is 0 Å². The van der Waals surface area contributed by atoms with E-state index in [1.807, 2.05) is 0 Å². The number of hydrogen-bond acceptors (Lipinski definition) is 4. The third-order valence-corrected chi connectivity index (χ3v) is 4.47. The Hall–Kier alpha value is -0.660. The molecule has 1 unspecified atom stereocenters. The molecule has 0 radical (unpaired) electrons. The monoisotopic (exact) mass is 277 g/mol. The third-order valence-electron chi connectivity index (χ3n) is 3.00. The minimum Gasteiger partial charge on any atom is -0.355 e. The highest BCUT2D eigenvalue weighted by atomic mass is 32.2. The fourth-order valence-electron chi connectivity index (χ4n) is 2.00. The van der Waals surface area contributed by atoms with Gasteiger partial charge in [-0.1, -0.05) is 6.92 Å². The Labute approximate surface area is 109 Å². The molecule has 7 heteroatoms. The van der Waals surface area contributed by atoms with E-state index in [4.69, 9.17) is 0 Å². The number of sulfonamides is 1. The summed E-state index contributed by atoms with van der Waals surface area (Å²) in [4.78, 5) is 11.5. The minimum atomic E-state index is -3.23. The molecule has 0 bridgehead atoms. The molecule has 1 aliphatic rings. The van der Waals surface area contributed by atoms with Gasteiger partial charge in [0, 0.05) is 19.5 Å². The van der Waals surface area contributed by atoms with Gasteiger partial charge in [0.15, 0.2) is 0 Å². The van der Waals surface area contributed by atoms with Gasteiger partial charge in [-0.2, -0.15) is 0 Å². The molecule has 0 spiro atoms. The first-order chi connectivity index (χ1) is 8.53. The van der Waals surface area contributed by atoms with Crippen molar-refractivity contribution in [2.24, 2.45) is 5.92 Å². The SMILES string of the molecule is CCNS(=O)(=O)CCNC(=O)CCC1CCNC1. The topological polar surface area (TPSA) is 87.3 Å². The highest BCUT2D eigenvalue weighted by molar-refractivity contribution is 7.89. The Balaban J connectivity index is 2.09. The number of rotatable bonds is 8. The molecule has 1 amide bonds. The largest absolute Gasteiger partial charge is 0.355 e. The van der Waals surface area contributed by atoms with E-state index in [0.717, 1.165) is 25.9 Å². The van der Waals surface area contributed by atoms with Gasteiger partial charge in [-0.15, -0.1) is 0 Å². The predicted octanol–water partition coefficient (Wildman–Crippen LogP) is -0.568. The zero-order chi connectivity index (χ0) is 13.4. The number of nitrogens with one attached hydrogen (secondary N) is 3. The molecule has 1 rings (SSSR count). The van der Waals surface area contributed by atoms with Gasteiger partial charge in [0.25, 0.3) is 0 Å². The Bertz CT molecular complexity index is 351. The maximum atomic E-state index is 11.5. The van der Waals surface area contributed by atoms with Crippen molar-refractivity contribution in [3.8, 4) is 0 Å². The second-order valence-corrected chi connectivity index (χ2v) is 6.49. The van der Waals surface area contributed by atoms with Crippen LogP contribution >= 0.6 is 0 Å². The van der Waals surface area contributed by atoms with Crippen molar-refractivity contribution in [3.63, 3.8) is 0 Å². The third kappa shape index (κ3) is 6.32. The summed E-state index contributed by atoms with van der Waals surface area (Å²) in [5.41, 5.74) is 0. The van der Waals surface area contributed by atoms with Crippen LogP contribution in [-0.4, -0.2) is 46.3 Å². The van der Waals surface area contributed by atoms with Crippen molar-refractivity contribution in [2.75, 3.05) is 31.9 Å². The molecule has 1 fully saturated rings. The van der Waals surface area contributed by atoms with E-state index in [0.29, 0.717) is 18.9 Å². The maximum Gasteiger partial charge on any atom is 0.220 e. The molecule has 0 aromatic heterocycles. The molecule has 1 aliphatic heterocycles. The second-order valence-electron chi connectivity index (χ2n) is 4.56. The van der Waals surface area contributed by atoms with Gasteiger partial charge in [0.2, 0.25) is 15.9 Å². The fraction of sp³-hybridized carbons (Fsp3) is 0.909. The van der Waals surface area contributed by atoms with Gasteiger partial charge in [0.1, 0.15) is 0 Å². The predicted molar refractivity (Wildman–Crippen MR) is 70.7 cm³/mol. The molecule has 1 atom stereocenters. The van der Waals surface area contributed by atoms with Gasteiger partial charge in [-0.25, -0.2) is 13.1 Å². The Kier molecular flexibility index (Phi) is 6.59. The highest BCUT2D eigenvalue weighted by Gasteiger charge is 2.15. The van der Waals surface area contributed by atoms with Crippen molar-refractivity contribution < 1.29 is 13.2 Å². The quantitative estimate of drug-likeness (QED) is 0.554. The number of hydrogen-bond donors (Lipinski definition) is 3. The standard InChI is InChI=1S/C11H23N3O3S/c1-2-14-18(16,17)8-7-13-11(15)4-3-10-5-6-12-9-10/h10,12,14H,2-9H2,1H3,(H,13,15). The second kappa shape index (κ2) is 7.70. The van der Waals surface area contributed by atoms with E-state index >= 15 is 0 Å². The van der Waals surface area contributed by atoms with E-state index in [1.165, 1.54) is 0 Å². The van der Waals surface area contributed by atoms with E-state index < -0.39 is 10.0 Å². The van der Waals surface area contributed by atoms with Gasteiger partial charge in [-0.3, -0.25) is 4.79 Å². The zero-order valence-electron chi connectivity index (χ0n) is 10.9. The average Bonchev–Trinajstić information content (AvgIpc) is 2.78. The first kappa shape index (κ1) is 15.4. The Morgan fingerprint density at radius 2 is 2.22 bits per heavy atom. The highest BCUT2D eigenvalue weighted by Crippen LogP contribution is 2.13. The minimum absolute atomic E-state index is 0.0580. The van der Waals surface area contributed by atoms with Crippen LogP contribution in [0.4, 0.5) is 0 Å². The van der Waals surface area contributed by atoms with E-state index in [1.54, 1.807) is 6.92 Å². The van der Waals surface area contributed by atoms with Gasteiger partial charge in [0.05, 0.1) is 5.75 Å². The van der Waals surface area contributed by atoms with Crippen molar-refractivity contribution in [2.45, 2.75) is 26.2 Å². The Morgan fingerprint density at radius 1 is 1.44 bits per heavy atom. The number of carbonyl (C=O) groups excluding carboxylic acids is 1. The van der Waals surface area contributed by atoms with Crippen LogP contribution in [0.1, 0.15) is 26.2 Å². The summed E-state index contributed by atoms with van der Waals surface area (Å²) in [6.07, 6.45) is 2.48. The normalized spacial score (nSPS) is 19.9. The van der Waals surface area contributed by atoms with Crippen LogP contribution in [0.2, 0.25) is 0 Å². The molecule has 3 N–H and O–H groups in total. The van der Waals surface area contributed by atoms with Crippen LogP contribution in [0.5, 0.6) is 0 Å². The van der Waals surface area contributed by atoms with Gasteiger partial charge >= 0.3 is 0 Å². The summed E-state index contributed by atoms with van der Waals surface area (Å²) in [5.74, 6) is 0.465. The first-order valence-electron chi connectivity index (χ1n) is 6.48. The lowest BCUT2D eigenvalue weighted by molar-refractivity contribution is -0.121. The molecule has 0 aromatic carbocycles. The first-order valence-corrected chi connectivity index (χ1v) is 8.13. The lowest BCUT2D eigenvalue weighted by Gasteiger charge is -2.09. The van der Waals surface area contributed by atoms with Crippen LogP contribution < -0.4 is 15.4 Å². The van der Waals surface area contributed by atoms with E-state index in [-0.39, 0.29) is 18.2 Å². The van der Waals surface area contributed by atoms with Gasteiger partial charge < -0.3 is 10.6 Å². The van der Waals surface area contributed by atoms with Crippen molar-refractivity contribution in [1.82, 2.24) is 15.4 Å². The van der Waals surface area contributed by atoms with Crippen molar-refractivity contribution in [3.05, 3.63) is 0 Å². The lowest BCUT2D eigenvalue weighted by atomic mass is 10.0. The molecule has 6 nitrogen and oxygen atoms in total. The summed E-state index contributed by atoms with van der Waals surface area (Å²) in [6.45, 7) is 4.31. The smallest absolute Gasteiger partial charge is 0.220 e. The summed E-state index contributed by atoms with van der Waals surface area (Å²) in [7, 11) is -3.23. The van der Waals surface area contributed by atoms with Crippen molar-refractivity contribution in [1.29, 1.82) is 0 Å².